The molecule has 0 unspecified atom stereocenters. The van der Waals surface area contributed by atoms with E-state index in [0.29, 0.717) is 12.5 Å². The molecule has 4 rings (SSSR count). The van der Waals surface area contributed by atoms with Crippen molar-refractivity contribution >= 4 is 10.9 Å². The first-order chi connectivity index (χ1) is 13.0. The van der Waals surface area contributed by atoms with E-state index >= 15 is 0 Å². The molecule has 6 nitrogen and oxygen atoms in total. The van der Waals surface area contributed by atoms with Gasteiger partial charge in [0.15, 0.2) is 0 Å². The lowest BCUT2D eigenvalue weighted by Gasteiger charge is -2.36. The standard InChI is InChI=1S/C21H26N4O2/c1-4-25-9-7-15(12-25)18-10-19-17(6-5-8-23-19)20(24-18)26-13-16-11-22-14-21(2,3)27-16/h5-10,12,16,22H,4,11,13-14H2,1-3H3/t16-/m0/s1. The summed E-state index contributed by atoms with van der Waals surface area (Å²) in [6.45, 7) is 9.29. The summed E-state index contributed by atoms with van der Waals surface area (Å²) in [7, 11) is 0. The largest absolute Gasteiger partial charge is 0.474 e. The predicted octanol–water partition coefficient (Wildman–Crippen LogP) is 3.26. The first-order valence-corrected chi connectivity index (χ1v) is 9.47. The summed E-state index contributed by atoms with van der Waals surface area (Å²) in [5.41, 5.74) is 2.62. The summed E-state index contributed by atoms with van der Waals surface area (Å²) in [6.07, 6.45) is 5.94. The highest BCUT2D eigenvalue weighted by molar-refractivity contribution is 5.86. The Hall–Kier alpha value is -2.44. The van der Waals surface area contributed by atoms with Gasteiger partial charge < -0.3 is 19.4 Å². The van der Waals surface area contributed by atoms with Crippen LogP contribution >= 0.6 is 0 Å². The summed E-state index contributed by atoms with van der Waals surface area (Å²) in [4.78, 5) is 9.29. The molecule has 0 amide bonds. The van der Waals surface area contributed by atoms with Crippen molar-refractivity contribution in [2.24, 2.45) is 0 Å². The molecule has 142 valence electrons. The van der Waals surface area contributed by atoms with Crippen molar-refractivity contribution in [2.75, 3.05) is 19.7 Å². The number of hydrogen-bond acceptors (Lipinski definition) is 5. The highest BCUT2D eigenvalue weighted by Crippen LogP contribution is 2.29. The van der Waals surface area contributed by atoms with Gasteiger partial charge in [-0.15, -0.1) is 0 Å². The van der Waals surface area contributed by atoms with Crippen LogP contribution in [0.2, 0.25) is 0 Å². The molecule has 27 heavy (non-hydrogen) atoms. The molecule has 0 aliphatic carbocycles. The van der Waals surface area contributed by atoms with Crippen LogP contribution in [0.25, 0.3) is 22.2 Å². The molecule has 0 radical (unpaired) electrons. The molecule has 0 saturated carbocycles. The van der Waals surface area contributed by atoms with Gasteiger partial charge in [-0.3, -0.25) is 4.98 Å². The highest BCUT2D eigenvalue weighted by Gasteiger charge is 2.28. The zero-order valence-electron chi connectivity index (χ0n) is 16.1. The van der Waals surface area contributed by atoms with Crippen LogP contribution < -0.4 is 10.1 Å². The number of pyridine rings is 2. The Labute approximate surface area is 159 Å². The molecule has 1 fully saturated rings. The van der Waals surface area contributed by atoms with Gasteiger partial charge in [0.2, 0.25) is 5.88 Å². The fourth-order valence-electron chi connectivity index (χ4n) is 3.43. The van der Waals surface area contributed by atoms with Gasteiger partial charge in [0.05, 0.1) is 22.2 Å². The average molecular weight is 366 g/mol. The van der Waals surface area contributed by atoms with E-state index in [-0.39, 0.29) is 11.7 Å². The van der Waals surface area contributed by atoms with Crippen molar-refractivity contribution < 1.29 is 9.47 Å². The number of fused-ring (bicyclic) bond motifs is 1. The van der Waals surface area contributed by atoms with Crippen LogP contribution in [0.1, 0.15) is 20.8 Å². The van der Waals surface area contributed by atoms with Crippen molar-refractivity contribution in [1.82, 2.24) is 19.9 Å². The number of aryl methyl sites for hydroxylation is 1. The Kier molecular flexibility index (Phi) is 4.85. The summed E-state index contributed by atoms with van der Waals surface area (Å²) in [5.74, 6) is 0.604. The van der Waals surface area contributed by atoms with Gasteiger partial charge >= 0.3 is 0 Å². The average Bonchev–Trinajstić information content (AvgIpc) is 3.14. The third kappa shape index (κ3) is 3.96. The molecule has 3 aromatic heterocycles. The molecule has 1 saturated heterocycles. The maximum Gasteiger partial charge on any atom is 0.223 e. The maximum atomic E-state index is 6.12. The minimum absolute atomic E-state index is 0.00731. The number of aromatic nitrogens is 3. The van der Waals surface area contributed by atoms with Gasteiger partial charge in [0.1, 0.15) is 12.7 Å². The molecule has 3 aromatic rings. The Morgan fingerprint density at radius 1 is 1.37 bits per heavy atom. The van der Waals surface area contributed by atoms with E-state index in [9.17, 15) is 0 Å². The van der Waals surface area contributed by atoms with E-state index in [4.69, 9.17) is 14.5 Å². The van der Waals surface area contributed by atoms with Gasteiger partial charge in [-0.25, -0.2) is 4.98 Å². The normalized spacial score (nSPS) is 19.3. The van der Waals surface area contributed by atoms with E-state index in [2.05, 4.69) is 54.1 Å². The van der Waals surface area contributed by atoms with Crippen LogP contribution in [-0.4, -0.2) is 45.9 Å². The van der Waals surface area contributed by atoms with Gasteiger partial charge in [-0.05, 0) is 45.0 Å². The summed E-state index contributed by atoms with van der Waals surface area (Å²) < 4.78 is 14.4. The van der Waals surface area contributed by atoms with E-state index < -0.39 is 0 Å². The van der Waals surface area contributed by atoms with Crippen molar-refractivity contribution in [3.05, 3.63) is 42.9 Å². The Balaban J connectivity index is 1.62. The topological polar surface area (TPSA) is 61.2 Å². The molecular formula is C21H26N4O2. The van der Waals surface area contributed by atoms with Crippen LogP contribution in [0, 0.1) is 0 Å². The second-order valence-electron chi connectivity index (χ2n) is 7.55. The van der Waals surface area contributed by atoms with Crippen molar-refractivity contribution in [1.29, 1.82) is 0 Å². The summed E-state index contributed by atoms with van der Waals surface area (Å²) in [5, 5.41) is 4.32. The first-order valence-electron chi connectivity index (χ1n) is 9.47. The fraction of sp³-hybridized carbons (Fsp3) is 0.429. The number of nitrogens with one attached hydrogen (secondary N) is 1. The third-order valence-electron chi connectivity index (χ3n) is 4.79. The van der Waals surface area contributed by atoms with Crippen LogP contribution in [0.15, 0.2) is 42.9 Å². The highest BCUT2D eigenvalue weighted by atomic mass is 16.6. The minimum atomic E-state index is -0.186. The van der Waals surface area contributed by atoms with E-state index in [0.717, 1.165) is 41.8 Å². The van der Waals surface area contributed by atoms with Crippen molar-refractivity contribution in [2.45, 2.75) is 39.0 Å². The smallest absolute Gasteiger partial charge is 0.223 e. The lowest BCUT2D eigenvalue weighted by molar-refractivity contribution is -0.107. The number of hydrogen-bond donors (Lipinski definition) is 1. The van der Waals surface area contributed by atoms with Gasteiger partial charge in [-0.1, -0.05) is 0 Å². The number of morpholine rings is 1. The van der Waals surface area contributed by atoms with E-state index in [1.165, 1.54) is 0 Å². The SMILES string of the molecule is CCn1ccc(-c2cc3ncccc3c(OC[C@@H]3CNCC(C)(C)O3)n2)c1. The molecule has 6 heteroatoms. The molecule has 4 heterocycles. The predicted molar refractivity (Wildman–Crippen MR) is 106 cm³/mol. The first kappa shape index (κ1) is 17.9. The van der Waals surface area contributed by atoms with Gasteiger partial charge in [-0.2, -0.15) is 0 Å². The van der Waals surface area contributed by atoms with Crippen LogP contribution in [0.4, 0.5) is 0 Å². The van der Waals surface area contributed by atoms with E-state index in [1.807, 2.05) is 18.2 Å². The van der Waals surface area contributed by atoms with Crippen LogP contribution in [-0.2, 0) is 11.3 Å². The fourth-order valence-corrected chi connectivity index (χ4v) is 3.43. The van der Waals surface area contributed by atoms with Gasteiger partial charge in [0, 0.05) is 43.8 Å². The number of rotatable bonds is 5. The Bertz CT molecular complexity index is 935. The summed E-state index contributed by atoms with van der Waals surface area (Å²) in [6, 6.07) is 7.99. The molecule has 1 N–H and O–H groups in total. The Morgan fingerprint density at radius 3 is 3.04 bits per heavy atom. The lowest BCUT2D eigenvalue weighted by atomic mass is 10.1. The quantitative estimate of drug-likeness (QED) is 0.751. The monoisotopic (exact) mass is 366 g/mol. The molecule has 0 aromatic carbocycles. The minimum Gasteiger partial charge on any atom is -0.474 e. The van der Waals surface area contributed by atoms with Crippen molar-refractivity contribution in [3.8, 4) is 17.1 Å². The second-order valence-corrected chi connectivity index (χ2v) is 7.55. The summed E-state index contributed by atoms with van der Waals surface area (Å²) >= 11 is 0. The molecule has 1 atom stereocenters. The van der Waals surface area contributed by atoms with Crippen molar-refractivity contribution in [3.63, 3.8) is 0 Å². The third-order valence-corrected chi connectivity index (χ3v) is 4.79. The number of ether oxygens (including phenoxy) is 2. The molecule has 0 spiro atoms. The van der Waals surface area contributed by atoms with Crippen LogP contribution in [0.5, 0.6) is 5.88 Å². The zero-order valence-corrected chi connectivity index (χ0v) is 16.1. The molecule has 0 bridgehead atoms. The molecule has 1 aliphatic rings. The molecular weight excluding hydrogens is 340 g/mol. The lowest BCUT2D eigenvalue weighted by Crippen LogP contribution is -2.52. The van der Waals surface area contributed by atoms with Crippen LogP contribution in [0.3, 0.4) is 0 Å². The second kappa shape index (κ2) is 7.29. The van der Waals surface area contributed by atoms with Gasteiger partial charge in [0.25, 0.3) is 0 Å². The maximum absolute atomic E-state index is 6.12. The molecule has 1 aliphatic heterocycles. The zero-order chi connectivity index (χ0) is 18.9. The van der Waals surface area contributed by atoms with E-state index in [1.54, 1.807) is 6.20 Å². The number of nitrogens with zero attached hydrogens (tertiary/aromatic N) is 3. The Morgan fingerprint density at radius 2 is 2.26 bits per heavy atom.